The van der Waals surface area contributed by atoms with Gasteiger partial charge in [0.25, 0.3) is 0 Å². The van der Waals surface area contributed by atoms with Gasteiger partial charge in [0.05, 0.1) is 36.8 Å². The Morgan fingerprint density at radius 3 is 2.83 bits per heavy atom. The number of rotatable bonds is 5. The number of hydrogen-bond donors (Lipinski definition) is 2. The van der Waals surface area contributed by atoms with Gasteiger partial charge in [0.15, 0.2) is 0 Å². The lowest BCUT2D eigenvalue weighted by atomic mass is 10.0. The first kappa shape index (κ1) is 16.9. The highest BCUT2D eigenvalue weighted by molar-refractivity contribution is 5.79. The molecule has 1 aliphatic rings. The molecule has 0 spiro atoms. The minimum atomic E-state index is -0.119. The number of aryl methyl sites for hydroxylation is 1. The summed E-state index contributed by atoms with van der Waals surface area (Å²) in [4.78, 5) is 22.6. The minimum Gasteiger partial charge on any atom is -0.379 e. The number of imidazole rings is 1. The Bertz CT molecular complexity index is 704. The van der Waals surface area contributed by atoms with Crippen LogP contribution in [-0.2, 0) is 9.53 Å². The first-order valence-corrected chi connectivity index (χ1v) is 8.58. The van der Waals surface area contributed by atoms with Gasteiger partial charge in [-0.1, -0.05) is 19.9 Å². The first-order valence-electron chi connectivity index (χ1n) is 8.58. The average Bonchev–Trinajstić information content (AvgIpc) is 2.96. The summed E-state index contributed by atoms with van der Waals surface area (Å²) < 4.78 is 5.32. The van der Waals surface area contributed by atoms with Crippen molar-refractivity contribution in [2.24, 2.45) is 5.92 Å². The zero-order valence-electron chi connectivity index (χ0n) is 14.6. The number of ether oxygens (including phenoxy) is 1. The highest BCUT2D eigenvalue weighted by Crippen LogP contribution is 2.22. The van der Waals surface area contributed by atoms with Crippen molar-refractivity contribution >= 4 is 16.9 Å². The Hall–Kier alpha value is -1.92. The molecule has 1 saturated heterocycles. The average molecular weight is 330 g/mol. The summed E-state index contributed by atoms with van der Waals surface area (Å²) in [5.74, 6) is 1.11. The van der Waals surface area contributed by atoms with Crippen LogP contribution in [0.1, 0.15) is 31.3 Å². The van der Waals surface area contributed by atoms with Gasteiger partial charge in [0.1, 0.15) is 5.82 Å². The second kappa shape index (κ2) is 7.32. The van der Waals surface area contributed by atoms with Crippen LogP contribution in [0.2, 0.25) is 0 Å². The number of carbonyl (C=O) groups excluding carboxylic acids is 1. The van der Waals surface area contributed by atoms with Crippen LogP contribution in [0, 0.1) is 12.8 Å². The van der Waals surface area contributed by atoms with Gasteiger partial charge >= 0.3 is 0 Å². The van der Waals surface area contributed by atoms with Gasteiger partial charge in [-0.25, -0.2) is 4.98 Å². The molecule has 0 radical (unpaired) electrons. The van der Waals surface area contributed by atoms with E-state index in [9.17, 15) is 4.79 Å². The van der Waals surface area contributed by atoms with Crippen molar-refractivity contribution in [2.45, 2.75) is 26.8 Å². The van der Waals surface area contributed by atoms with Crippen molar-refractivity contribution in [2.75, 3.05) is 32.8 Å². The van der Waals surface area contributed by atoms with E-state index < -0.39 is 0 Å². The second-order valence-corrected chi connectivity index (χ2v) is 6.82. The summed E-state index contributed by atoms with van der Waals surface area (Å²) in [6.45, 7) is 9.67. The third-order valence-corrected chi connectivity index (χ3v) is 4.40. The number of hydrogen-bond acceptors (Lipinski definition) is 4. The van der Waals surface area contributed by atoms with E-state index in [2.05, 4.69) is 47.0 Å². The third-order valence-electron chi connectivity index (χ3n) is 4.40. The number of amides is 1. The number of aromatic amines is 1. The topological polar surface area (TPSA) is 70.2 Å². The van der Waals surface area contributed by atoms with Crippen molar-refractivity contribution in [3.8, 4) is 0 Å². The Morgan fingerprint density at radius 1 is 1.38 bits per heavy atom. The molecule has 1 aromatic carbocycles. The number of morpholine rings is 1. The maximum absolute atomic E-state index is 12.4. The standard InChI is InChI=1S/C18H26N4O2/c1-12(2)17(21-16(23)11-22-6-8-24-9-7-22)18-19-14-5-4-13(3)10-15(14)20-18/h4-5,10,12,17H,6-9,11H2,1-3H3,(H,19,20)(H,21,23). The summed E-state index contributed by atoms with van der Waals surface area (Å²) in [6, 6.07) is 6.02. The van der Waals surface area contributed by atoms with Gasteiger partial charge in [0, 0.05) is 13.1 Å². The lowest BCUT2D eigenvalue weighted by Crippen LogP contribution is -2.44. The van der Waals surface area contributed by atoms with Crippen LogP contribution in [0.15, 0.2) is 18.2 Å². The van der Waals surface area contributed by atoms with Crippen LogP contribution in [0.5, 0.6) is 0 Å². The van der Waals surface area contributed by atoms with Gasteiger partial charge < -0.3 is 15.0 Å². The molecule has 24 heavy (non-hydrogen) atoms. The SMILES string of the molecule is Cc1ccc2nc(C(NC(=O)CN3CCOCC3)C(C)C)[nH]c2c1. The van der Waals surface area contributed by atoms with E-state index in [-0.39, 0.29) is 17.9 Å². The maximum atomic E-state index is 12.4. The van der Waals surface area contributed by atoms with Gasteiger partial charge in [-0.15, -0.1) is 0 Å². The van der Waals surface area contributed by atoms with Gasteiger partial charge in [-0.2, -0.15) is 0 Å². The van der Waals surface area contributed by atoms with Crippen LogP contribution in [0.25, 0.3) is 11.0 Å². The predicted octanol–water partition coefficient (Wildman–Crippen LogP) is 2.02. The third kappa shape index (κ3) is 3.94. The second-order valence-electron chi connectivity index (χ2n) is 6.82. The number of carbonyl (C=O) groups is 1. The molecule has 3 rings (SSSR count). The fourth-order valence-electron chi connectivity index (χ4n) is 3.02. The van der Waals surface area contributed by atoms with E-state index >= 15 is 0 Å². The molecule has 0 aliphatic carbocycles. The molecule has 1 unspecified atom stereocenters. The van der Waals surface area contributed by atoms with Crippen LogP contribution in [-0.4, -0.2) is 53.6 Å². The molecule has 2 aromatic rings. The number of benzene rings is 1. The van der Waals surface area contributed by atoms with E-state index in [1.54, 1.807) is 0 Å². The van der Waals surface area contributed by atoms with Crippen molar-refractivity contribution in [3.05, 3.63) is 29.6 Å². The molecule has 1 atom stereocenters. The van der Waals surface area contributed by atoms with Crippen LogP contribution >= 0.6 is 0 Å². The molecule has 0 saturated carbocycles. The number of nitrogens with zero attached hydrogens (tertiary/aromatic N) is 2. The smallest absolute Gasteiger partial charge is 0.234 e. The predicted molar refractivity (Wildman–Crippen MR) is 93.8 cm³/mol. The Labute approximate surface area is 142 Å². The number of aromatic nitrogens is 2. The van der Waals surface area contributed by atoms with Gasteiger partial charge in [-0.05, 0) is 30.5 Å². The van der Waals surface area contributed by atoms with Gasteiger partial charge in [-0.3, -0.25) is 9.69 Å². The number of H-pyrrole nitrogens is 1. The van der Waals surface area contributed by atoms with Crippen LogP contribution in [0.3, 0.4) is 0 Å². The Balaban J connectivity index is 1.72. The summed E-state index contributed by atoms with van der Waals surface area (Å²) in [7, 11) is 0. The van der Waals surface area contributed by atoms with Crippen molar-refractivity contribution < 1.29 is 9.53 Å². The maximum Gasteiger partial charge on any atom is 0.234 e. The fraction of sp³-hybridized carbons (Fsp3) is 0.556. The molecule has 0 bridgehead atoms. The lowest BCUT2D eigenvalue weighted by molar-refractivity contribution is -0.124. The summed E-state index contributed by atoms with van der Waals surface area (Å²) >= 11 is 0. The monoisotopic (exact) mass is 330 g/mol. The Morgan fingerprint density at radius 2 is 2.12 bits per heavy atom. The van der Waals surface area contributed by atoms with E-state index in [4.69, 9.17) is 4.74 Å². The summed E-state index contributed by atoms with van der Waals surface area (Å²) in [5.41, 5.74) is 3.14. The molecule has 2 N–H and O–H groups in total. The summed E-state index contributed by atoms with van der Waals surface area (Å²) in [6.07, 6.45) is 0. The molecular formula is C18H26N4O2. The zero-order chi connectivity index (χ0) is 17.1. The largest absolute Gasteiger partial charge is 0.379 e. The molecule has 2 heterocycles. The first-order chi connectivity index (χ1) is 11.5. The van der Waals surface area contributed by atoms with Crippen molar-refractivity contribution in [3.63, 3.8) is 0 Å². The van der Waals surface area contributed by atoms with Crippen LogP contribution in [0.4, 0.5) is 0 Å². The zero-order valence-corrected chi connectivity index (χ0v) is 14.6. The molecule has 1 aromatic heterocycles. The lowest BCUT2D eigenvalue weighted by Gasteiger charge is -2.27. The van der Waals surface area contributed by atoms with Crippen LogP contribution < -0.4 is 5.32 Å². The highest BCUT2D eigenvalue weighted by Gasteiger charge is 2.23. The van der Waals surface area contributed by atoms with Crippen molar-refractivity contribution in [1.29, 1.82) is 0 Å². The van der Waals surface area contributed by atoms with Gasteiger partial charge in [0.2, 0.25) is 5.91 Å². The molecule has 1 fully saturated rings. The minimum absolute atomic E-state index is 0.0345. The normalized spacial score (nSPS) is 17.3. The van der Waals surface area contributed by atoms with E-state index in [1.165, 1.54) is 5.56 Å². The van der Waals surface area contributed by atoms with Crippen molar-refractivity contribution in [1.82, 2.24) is 20.2 Å². The quantitative estimate of drug-likeness (QED) is 0.880. The highest BCUT2D eigenvalue weighted by atomic mass is 16.5. The van der Waals surface area contributed by atoms with E-state index in [1.807, 2.05) is 12.1 Å². The van der Waals surface area contributed by atoms with E-state index in [0.717, 1.165) is 29.9 Å². The molecule has 130 valence electrons. The molecule has 6 heteroatoms. The Kier molecular flexibility index (Phi) is 5.16. The molecule has 1 amide bonds. The summed E-state index contributed by atoms with van der Waals surface area (Å²) in [5, 5.41) is 3.14. The molecule has 6 nitrogen and oxygen atoms in total. The van der Waals surface area contributed by atoms with E-state index in [0.29, 0.717) is 19.8 Å². The number of nitrogens with one attached hydrogen (secondary N) is 2. The molecular weight excluding hydrogens is 304 g/mol. The molecule has 1 aliphatic heterocycles. The number of fused-ring (bicyclic) bond motifs is 1. The fourth-order valence-corrected chi connectivity index (χ4v) is 3.02.